The molecule has 3 aromatic rings. The molecule has 0 aromatic carbocycles. The summed E-state index contributed by atoms with van der Waals surface area (Å²) in [5, 5.41) is 3.97. The minimum Gasteiger partial charge on any atom is -0.337 e. The molecule has 0 saturated carbocycles. The summed E-state index contributed by atoms with van der Waals surface area (Å²) in [6.07, 6.45) is 3.13. The van der Waals surface area contributed by atoms with E-state index < -0.39 is 11.9 Å². The van der Waals surface area contributed by atoms with Gasteiger partial charge in [-0.1, -0.05) is 25.1 Å². The smallest absolute Gasteiger partial charge is 0.277 e. The standard InChI is InChI=1S/C18H20FN5O2/c1-10(2)16-21-17(26-22-16)12-5-4-8-23(12)18(25)14-15(19)24-9-11(3)6-7-13(24)20-14/h6-7,9-10,12H,4-5,8H2,1-3H3. The molecule has 8 heteroatoms. The second-order valence-electron chi connectivity index (χ2n) is 6.99. The molecule has 136 valence electrons. The van der Waals surface area contributed by atoms with E-state index in [4.69, 9.17) is 4.52 Å². The van der Waals surface area contributed by atoms with Crippen LogP contribution in [-0.4, -0.2) is 36.9 Å². The molecule has 1 atom stereocenters. The first-order chi connectivity index (χ1) is 12.5. The average molecular weight is 357 g/mol. The third-order valence-corrected chi connectivity index (χ3v) is 4.68. The van der Waals surface area contributed by atoms with Crippen molar-refractivity contribution in [1.82, 2.24) is 24.4 Å². The van der Waals surface area contributed by atoms with Crippen LogP contribution < -0.4 is 0 Å². The molecule has 7 nitrogen and oxygen atoms in total. The Kier molecular flexibility index (Phi) is 3.97. The quantitative estimate of drug-likeness (QED) is 0.719. The maximum atomic E-state index is 14.8. The Balaban J connectivity index is 1.67. The molecular formula is C18H20FN5O2. The Hall–Kier alpha value is -2.77. The highest BCUT2D eigenvalue weighted by atomic mass is 19.1. The van der Waals surface area contributed by atoms with Crippen LogP contribution in [0.5, 0.6) is 0 Å². The highest BCUT2D eigenvalue weighted by Crippen LogP contribution is 2.33. The Morgan fingerprint density at radius 3 is 2.88 bits per heavy atom. The number of imidazole rings is 1. The number of aryl methyl sites for hydroxylation is 1. The van der Waals surface area contributed by atoms with Gasteiger partial charge in [0.2, 0.25) is 11.8 Å². The lowest BCUT2D eigenvalue weighted by atomic mass is 10.2. The average Bonchev–Trinajstić information content (AvgIpc) is 3.32. The van der Waals surface area contributed by atoms with Crippen molar-refractivity contribution in [2.45, 2.75) is 45.6 Å². The number of carbonyl (C=O) groups is 1. The maximum Gasteiger partial charge on any atom is 0.277 e. The fraction of sp³-hybridized carbons (Fsp3) is 0.444. The van der Waals surface area contributed by atoms with E-state index in [9.17, 15) is 9.18 Å². The number of likely N-dealkylation sites (tertiary alicyclic amines) is 1. The van der Waals surface area contributed by atoms with Crippen LogP contribution >= 0.6 is 0 Å². The third-order valence-electron chi connectivity index (χ3n) is 4.68. The van der Waals surface area contributed by atoms with Crippen molar-refractivity contribution in [2.24, 2.45) is 0 Å². The van der Waals surface area contributed by atoms with Gasteiger partial charge >= 0.3 is 0 Å². The van der Waals surface area contributed by atoms with Gasteiger partial charge in [0.05, 0.1) is 0 Å². The van der Waals surface area contributed by atoms with Gasteiger partial charge in [-0.2, -0.15) is 9.37 Å². The summed E-state index contributed by atoms with van der Waals surface area (Å²) in [5.41, 5.74) is 1.12. The molecule has 0 radical (unpaired) electrons. The lowest BCUT2D eigenvalue weighted by molar-refractivity contribution is 0.0699. The van der Waals surface area contributed by atoms with E-state index >= 15 is 0 Å². The van der Waals surface area contributed by atoms with Crippen molar-refractivity contribution in [1.29, 1.82) is 0 Å². The normalized spacial score (nSPS) is 17.6. The molecule has 3 aromatic heterocycles. The van der Waals surface area contributed by atoms with E-state index in [0.717, 1.165) is 12.0 Å². The van der Waals surface area contributed by atoms with Crippen LogP contribution in [0, 0.1) is 12.9 Å². The predicted octanol–water partition coefficient (Wildman–Crippen LogP) is 3.27. The molecule has 4 rings (SSSR count). The minimum absolute atomic E-state index is 0.136. The summed E-state index contributed by atoms with van der Waals surface area (Å²) in [7, 11) is 0. The molecule has 26 heavy (non-hydrogen) atoms. The number of nitrogens with zero attached hydrogens (tertiary/aromatic N) is 5. The number of rotatable bonds is 3. The molecule has 1 aliphatic heterocycles. The molecule has 0 bridgehead atoms. The fourth-order valence-corrected chi connectivity index (χ4v) is 3.28. The minimum atomic E-state index is -0.646. The van der Waals surface area contributed by atoms with Gasteiger partial charge in [-0.3, -0.25) is 9.20 Å². The predicted molar refractivity (Wildman–Crippen MR) is 91.3 cm³/mol. The van der Waals surface area contributed by atoms with Crippen LogP contribution in [0.4, 0.5) is 4.39 Å². The van der Waals surface area contributed by atoms with Crippen molar-refractivity contribution in [3.63, 3.8) is 0 Å². The van der Waals surface area contributed by atoms with Crippen LogP contribution in [0.1, 0.15) is 66.4 Å². The van der Waals surface area contributed by atoms with Gasteiger partial charge < -0.3 is 9.42 Å². The molecule has 1 fully saturated rings. The van der Waals surface area contributed by atoms with Gasteiger partial charge in [0.1, 0.15) is 11.7 Å². The zero-order valence-electron chi connectivity index (χ0n) is 14.9. The zero-order chi connectivity index (χ0) is 18.4. The number of hydrogen-bond donors (Lipinski definition) is 0. The summed E-state index contributed by atoms with van der Waals surface area (Å²) >= 11 is 0. The SMILES string of the molecule is Cc1ccc2nc(C(=O)N3CCCC3c3nc(C(C)C)no3)c(F)n2c1. The van der Waals surface area contributed by atoms with E-state index in [0.29, 0.717) is 30.3 Å². The molecule has 0 spiro atoms. The van der Waals surface area contributed by atoms with Crippen LogP contribution in [0.25, 0.3) is 5.65 Å². The first-order valence-electron chi connectivity index (χ1n) is 8.74. The van der Waals surface area contributed by atoms with Crippen molar-refractivity contribution >= 4 is 11.6 Å². The summed E-state index contributed by atoms with van der Waals surface area (Å²) in [6.45, 7) is 6.31. The van der Waals surface area contributed by atoms with Gasteiger partial charge in [0.15, 0.2) is 11.5 Å². The van der Waals surface area contributed by atoms with Gasteiger partial charge in [0.25, 0.3) is 5.91 Å². The van der Waals surface area contributed by atoms with E-state index in [1.165, 1.54) is 4.40 Å². The lowest BCUT2D eigenvalue weighted by Gasteiger charge is -2.20. The molecule has 1 unspecified atom stereocenters. The summed E-state index contributed by atoms with van der Waals surface area (Å²) in [6, 6.07) is 3.19. The fourth-order valence-electron chi connectivity index (χ4n) is 3.28. The molecular weight excluding hydrogens is 337 g/mol. The largest absolute Gasteiger partial charge is 0.337 e. The Labute approximate surface area is 149 Å². The number of aromatic nitrogens is 4. The molecule has 1 amide bonds. The highest BCUT2D eigenvalue weighted by molar-refractivity contribution is 5.93. The van der Waals surface area contributed by atoms with E-state index in [-0.39, 0.29) is 17.7 Å². The first kappa shape index (κ1) is 16.7. The Morgan fingerprint density at radius 1 is 1.35 bits per heavy atom. The number of halogens is 1. The summed E-state index contributed by atoms with van der Waals surface area (Å²) in [5.74, 6) is 0.0498. The van der Waals surface area contributed by atoms with Gasteiger partial charge in [-0.25, -0.2) is 4.98 Å². The van der Waals surface area contributed by atoms with Crippen LogP contribution in [0.2, 0.25) is 0 Å². The van der Waals surface area contributed by atoms with Crippen LogP contribution in [0.15, 0.2) is 22.9 Å². The van der Waals surface area contributed by atoms with Gasteiger partial charge in [-0.15, -0.1) is 0 Å². The summed E-state index contributed by atoms with van der Waals surface area (Å²) in [4.78, 5) is 23.1. The maximum absolute atomic E-state index is 14.8. The number of amides is 1. The van der Waals surface area contributed by atoms with Crippen molar-refractivity contribution in [3.05, 3.63) is 47.2 Å². The second-order valence-corrected chi connectivity index (χ2v) is 6.99. The van der Waals surface area contributed by atoms with Crippen LogP contribution in [-0.2, 0) is 0 Å². The summed E-state index contributed by atoms with van der Waals surface area (Å²) < 4.78 is 21.4. The van der Waals surface area contributed by atoms with Gasteiger partial charge in [-0.05, 0) is 31.4 Å². The van der Waals surface area contributed by atoms with Crippen molar-refractivity contribution < 1.29 is 13.7 Å². The lowest BCUT2D eigenvalue weighted by Crippen LogP contribution is -2.31. The third kappa shape index (κ3) is 2.65. The highest BCUT2D eigenvalue weighted by Gasteiger charge is 2.37. The van der Waals surface area contributed by atoms with Crippen LogP contribution in [0.3, 0.4) is 0 Å². The molecule has 0 N–H and O–H groups in total. The van der Waals surface area contributed by atoms with Crippen molar-refractivity contribution in [3.8, 4) is 0 Å². The number of hydrogen-bond acceptors (Lipinski definition) is 5. The van der Waals surface area contributed by atoms with Crippen molar-refractivity contribution in [2.75, 3.05) is 6.54 Å². The number of fused-ring (bicyclic) bond motifs is 1. The van der Waals surface area contributed by atoms with E-state index in [1.807, 2.05) is 26.8 Å². The molecule has 1 saturated heterocycles. The molecule has 4 heterocycles. The topological polar surface area (TPSA) is 76.5 Å². The Morgan fingerprint density at radius 2 is 2.15 bits per heavy atom. The monoisotopic (exact) mass is 357 g/mol. The number of pyridine rings is 1. The van der Waals surface area contributed by atoms with Gasteiger partial charge in [0, 0.05) is 18.7 Å². The molecule has 0 aliphatic carbocycles. The zero-order valence-corrected chi connectivity index (χ0v) is 14.9. The van der Waals surface area contributed by atoms with E-state index in [1.54, 1.807) is 17.2 Å². The second kappa shape index (κ2) is 6.19. The Bertz CT molecular complexity index is 977. The first-order valence-corrected chi connectivity index (χ1v) is 8.74. The van der Waals surface area contributed by atoms with E-state index in [2.05, 4.69) is 15.1 Å². The number of carbonyl (C=O) groups excluding carboxylic acids is 1. The molecule has 1 aliphatic rings.